The van der Waals surface area contributed by atoms with Crippen LogP contribution in [0.5, 0.6) is 11.5 Å². The van der Waals surface area contributed by atoms with E-state index < -0.39 is 18.0 Å². The summed E-state index contributed by atoms with van der Waals surface area (Å²) >= 11 is 0. The average molecular weight is 404 g/mol. The topological polar surface area (TPSA) is 71.3 Å². The smallest absolute Gasteiger partial charge is 0.261 e. The first-order valence-corrected chi connectivity index (χ1v) is 9.46. The molecule has 0 bridgehead atoms. The molecule has 0 aliphatic rings. The number of benzene rings is 3. The first-order chi connectivity index (χ1) is 14.6. The Bertz CT molecular complexity index is 1030. The lowest BCUT2D eigenvalue weighted by Crippen LogP contribution is -2.40. The van der Waals surface area contributed by atoms with Gasteiger partial charge in [-0.25, -0.2) is 4.39 Å². The summed E-state index contributed by atoms with van der Waals surface area (Å²) in [6.45, 7) is 1.67. The number of hydrogen-bond donors (Lipinski definition) is 1. The van der Waals surface area contributed by atoms with Crippen molar-refractivity contribution in [3.05, 3.63) is 95.8 Å². The lowest BCUT2D eigenvalue weighted by atomic mass is 10.1. The van der Waals surface area contributed by atoms with Gasteiger partial charge in [-0.15, -0.1) is 0 Å². The summed E-state index contributed by atoms with van der Waals surface area (Å²) in [7, 11) is 0. The van der Waals surface area contributed by atoms with Crippen LogP contribution in [-0.2, 0) is 4.79 Å². The molecule has 30 heavy (non-hydrogen) atoms. The molecule has 0 fully saturated rings. The van der Waals surface area contributed by atoms with Gasteiger partial charge in [-0.1, -0.05) is 48.5 Å². The predicted octanol–water partition coefficient (Wildman–Crippen LogP) is 4.40. The van der Waals surface area contributed by atoms with Gasteiger partial charge in [0.05, 0.1) is 17.7 Å². The highest BCUT2D eigenvalue weighted by Crippen LogP contribution is 2.20. The van der Waals surface area contributed by atoms with Crippen molar-refractivity contribution >= 4 is 5.91 Å². The van der Waals surface area contributed by atoms with E-state index in [1.54, 1.807) is 43.3 Å². The van der Waals surface area contributed by atoms with Gasteiger partial charge in [0.2, 0.25) is 0 Å². The molecule has 6 heteroatoms. The summed E-state index contributed by atoms with van der Waals surface area (Å²) in [6.07, 6.45) is -0.807. The van der Waals surface area contributed by atoms with Gasteiger partial charge in [0.15, 0.2) is 17.7 Å². The maximum atomic E-state index is 13.9. The van der Waals surface area contributed by atoms with Crippen molar-refractivity contribution in [3.63, 3.8) is 0 Å². The fourth-order valence-corrected chi connectivity index (χ4v) is 2.83. The predicted molar refractivity (Wildman–Crippen MR) is 110 cm³/mol. The van der Waals surface area contributed by atoms with Crippen LogP contribution in [0.15, 0.2) is 78.9 Å². The number of carbonyl (C=O) groups excluding carboxylic acids is 1. The van der Waals surface area contributed by atoms with E-state index in [2.05, 4.69) is 5.32 Å². The Morgan fingerprint density at radius 3 is 2.53 bits per heavy atom. The second kappa shape index (κ2) is 10.1. The van der Waals surface area contributed by atoms with Gasteiger partial charge < -0.3 is 14.8 Å². The van der Waals surface area contributed by atoms with Gasteiger partial charge in [-0.3, -0.25) is 4.79 Å². The molecule has 3 rings (SSSR count). The van der Waals surface area contributed by atoms with Crippen LogP contribution in [0.2, 0.25) is 0 Å². The van der Waals surface area contributed by atoms with Crippen LogP contribution in [0.3, 0.4) is 0 Å². The third-order valence-electron chi connectivity index (χ3n) is 4.41. The van der Waals surface area contributed by atoms with E-state index in [9.17, 15) is 9.18 Å². The van der Waals surface area contributed by atoms with E-state index >= 15 is 0 Å². The normalized spacial score (nSPS) is 12.3. The molecule has 3 aromatic rings. The number of nitrogens with one attached hydrogen (secondary N) is 1. The Balaban J connectivity index is 1.69. The number of hydrogen-bond acceptors (Lipinski definition) is 4. The summed E-state index contributed by atoms with van der Waals surface area (Å²) in [5.41, 5.74) is 1.27. The highest BCUT2D eigenvalue weighted by atomic mass is 19.1. The fraction of sp³-hybridized carbons (Fsp3) is 0.167. The van der Waals surface area contributed by atoms with Crippen LogP contribution in [0.25, 0.3) is 0 Å². The zero-order valence-electron chi connectivity index (χ0n) is 16.4. The monoisotopic (exact) mass is 404 g/mol. The van der Waals surface area contributed by atoms with E-state index in [0.717, 1.165) is 5.56 Å². The Hall–Kier alpha value is -3.85. The Kier molecular flexibility index (Phi) is 7.01. The van der Waals surface area contributed by atoms with Gasteiger partial charge in [0.25, 0.3) is 5.91 Å². The van der Waals surface area contributed by atoms with E-state index in [4.69, 9.17) is 14.7 Å². The molecule has 0 spiro atoms. The van der Waals surface area contributed by atoms with E-state index in [-0.39, 0.29) is 18.3 Å². The number of nitriles is 1. The highest BCUT2D eigenvalue weighted by Gasteiger charge is 2.21. The molecule has 0 saturated carbocycles. The molecular formula is C24H21FN2O3. The molecule has 5 nitrogen and oxygen atoms in total. The van der Waals surface area contributed by atoms with Gasteiger partial charge >= 0.3 is 0 Å². The zero-order chi connectivity index (χ0) is 21.3. The quantitative estimate of drug-likeness (QED) is 0.604. The molecule has 0 aliphatic heterocycles. The number of amides is 1. The minimum atomic E-state index is -0.807. The van der Waals surface area contributed by atoms with Crippen molar-refractivity contribution in [1.82, 2.24) is 5.32 Å². The number of para-hydroxylation sites is 1. The summed E-state index contributed by atoms with van der Waals surface area (Å²) in [5, 5.41) is 11.9. The lowest BCUT2D eigenvalue weighted by molar-refractivity contribution is -0.128. The summed E-state index contributed by atoms with van der Waals surface area (Å²) in [5.74, 6) is -0.283. The van der Waals surface area contributed by atoms with Crippen molar-refractivity contribution in [1.29, 1.82) is 5.26 Å². The molecule has 0 radical (unpaired) electrons. The van der Waals surface area contributed by atoms with Crippen LogP contribution in [0, 0.1) is 17.1 Å². The molecule has 0 aliphatic carbocycles. The molecule has 1 amide bonds. The van der Waals surface area contributed by atoms with Crippen molar-refractivity contribution in [2.75, 3.05) is 6.61 Å². The average Bonchev–Trinajstić information content (AvgIpc) is 2.78. The molecule has 0 saturated heterocycles. The van der Waals surface area contributed by atoms with Crippen molar-refractivity contribution in [2.45, 2.75) is 19.1 Å². The number of rotatable bonds is 8. The van der Waals surface area contributed by atoms with Crippen LogP contribution in [0.4, 0.5) is 4.39 Å². The van der Waals surface area contributed by atoms with Crippen molar-refractivity contribution < 1.29 is 18.7 Å². The molecule has 152 valence electrons. The van der Waals surface area contributed by atoms with Crippen molar-refractivity contribution in [3.8, 4) is 17.6 Å². The minimum Gasteiger partial charge on any atom is -0.488 e. The fourth-order valence-electron chi connectivity index (χ4n) is 2.83. The maximum absolute atomic E-state index is 13.9. The Labute approximate surface area is 174 Å². The third kappa shape index (κ3) is 5.58. The molecule has 2 unspecified atom stereocenters. The molecule has 3 aromatic carbocycles. The molecule has 2 atom stereocenters. The lowest BCUT2D eigenvalue weighted by Gasteiger charge is -2.22. The minimum absolute atomic E-state index is 0.0489. The van der Waals surface area contributed by atoms with Crippen LogP contribution in [-0.4, -0.2) is 18.6 Å². The standard InChI is InChI=1S/C24H21FN2O3/c1-17(30-20-11-7-8-18(14-20)15-26)24(28)27-22(19-9-3-2-4-10-19)16-29-23-13-6-5-12-21(23)25/h2-14,17,22H,16H2,1H3,(H,27,28). The second-order valence-electron chi connectivity index (χ2n) is 6.61. The summed E-state index contributed by atoms with van der Waals surface area (Å²) in [6, 6.07) is 23.5. The molecular weight excluding hydrogens is 383 g/mol. The van der Waals surface area contributed by atoms with Crippen LogP contribution < -0.4 is 14.8 Å². The Morgan fingerprint density at radius 2 is 1.80 bits per heavy atom. The zero-order valence-corrected chi connectivity index (χ0v) is 16.4. The number of ether oxygens (including phenoxy) is 2. The first-order valence-electron chi connectivity index (χ1n) is 9.46. The van der Waals surface area contributed by atoms with Gasteiger partial charge in [0.1, 0.15) is 12.4 Å². The van der Waals surface area contributed by atoms with Gasteiger partial charge in [-0.05, 0) is 42.8 Å². The maximum Gasteiger partial charge on any atom is 0.261 e. The van der Waals surface area contributed by atoms with Crippen LogP contribution >= 0.6 is 0 Å². The molecule has 1 N–H and O–H groups in total. The largest absolute Gasteiger partial charge is 0.488 e. The van der Waals surface area contributed by atoms with Gasteiger partial charge in [-0.2, -0.15) is 5.26 Å². The first kappa shape index (κ1) is 20.9. The molecule has 0 heterocycles. The highest BCUT2D eigenvalue weighted by molar-refractivity contribution is 5.81. The number of halogens is 1. The van der Waals surface area contributed by atoms with E-state index in [0.29, 0.717) is 11.3 Å². The van der Waals surface area contributed by atoms with Crippen molar-refractivity contribution in [2.24, 2.45) is 0 Å². The number of carbonyl (C=O) groups is 1. The molecule has 0 aromatic heterocycles. The van der Waals surface area contributed by atoms with Crippen LogP contribution in [0.1, 0.15) is 24.1 Å². The SMILES string of the molecule is CC(Oc1cccc(C#N)c1)C(=O)NC(COc1ccccc1F)c1ccccc1. The number of nitrogens with zero attached hydrogens (tertiary/aromatic N) is 1. The third-order valence-corrected chi connectivity index (χ3v) is 4.41. The van der Waals surface area contributed by atoms with E-state index in [1.807, 2.05) is 36.4 Å². The second-order valence-corrected chi connectivity index (χ2v) is 6.61. The van der Waals surface area contributed by atoms with E-state index in [1.165, 1.54) is 12.1 Å². The summed E-state index contributed by atoms with van der Waals surface area (Å²) < 4.78 is 25.2. The van der Waals surface area contributed by atoms with Gasteiger partial charge in [0, 0.05) is 0 Å². The Morgan fingerprint density at radius 1 is 1.07 bits per heavy atom. The summed E-state index contributed by atoms with van der Waals surface area (Å²) in [4.78, 5) is 12.7.